The summed E-state index contributed by atoms with van der Waals surface area (Å²) >= 11 is 18.2. The highest BCUT2D eigenvalue weighted by atomic mass is 35.5. The molecule has 3 rings (SSSR count). The van der Waals surface area contributed by atoms with Crippen molar-refractivity contribution in [2.45, 2.75) is 13.0 Å². The number of benzene rings is 1. The van der Waals surface area contributed by atoms with Crippen LogP contribution in [0, 0.1) is 5.82 Å². The second-order valence-corrected chi connectivity index (χ2v) is 9.26. The van der Waals surface area contributed by atoms with Gasteiger partial charge in [-0.25, -0.2) is 9.07 Å². The van der Waals surface area contributed by atoms with Crippen molar-refractivity contribution in [2.75, 3.05) is 13.2 Å². The summed E-state index contributed by atoms with van der Waals surface area (Å²) in [4.78, 5) is 0. The van der Waals surface area contributed by atoms with E-state index in [0.717, 1.165) is 10.7 Å². The van der Waals surface area contributed by atoms with Crippen LogP contribution in [-0.2, 0) is 20.7 Å². The van der Waals surface area contributed by atoms with Gasteiger partial charge in [0.1, 0.15) is 21.3 Å². The van der Waals surface area contributed by atoms with Crippen molar-refractivity contribution in [1.29, 1.82) is 0 Å². The monoisotopic (exact) mass is 490 g/mol. The van der Waals surface area contributed by atoms with Gasteiger partial charge in [0.2, 0.25) is 5.88 Å². The zero-order valence-corrected chi connectivity index (χ0v) is 17.8. The van der Waals surface area contributed by atoms with Crippen LogP contribution in [0.5, 0.6) is 5.88 Å². The summed E-state index contributed by atoms with van der Waals surface area (Å²) < 4.78 is 67.5. The van der Waals surface area contributed by atoms with Crippen LogP contribution in [0.25, 0.3) is 17.3 Å². The van der Waals surface area contributed by atoms with E-state index in [1.807, 2.05) is 0 Å². The van der Waals surface area contributed by atoms with E-state index < -0.39 is 25.9 Å². The van der Waals surface area contributed by atoms with E-state index in [1.165, 1.54) is 19.2 Å². The number of alkyl halides is 2. The Bertz CT molecular complexity index is 1010. The molecular formula is C16H13Cl3F3N2O4P. The molecule has 1 fully saturated rings. The molecule has 2 heterocycles. The van der Waals surface area contributed by atoms with Gasteiger partial charge in [-0.1, -0.05) is 34.8 Å². The number of halogens is 6. The van der Waals surface area contributed by atoms with Crippen LogP contribution < -0.4 is 4.74 Å². The Labute approximate surface area is 178 Å². The summed E-state index contributed by atoms with van der Waals surface area (Å²) in [5, 5.41) is 3.56. The van der Waals surface area contributed by atoms with Crippen LogP contribution in [0.1, 0.15) is 12.0 Å². The average molecular weight is 492 g/mol. The Hall–Kier alpha value is -1.22. The molecule has 0 unspecified atom stereocenters. The summed E-state index contributed by atoms with van der Waals surface area (Å²) in [5.41, 5.74) is -0.140. The molecule has 29 heavy (non-hydrogen) atoms. The van der Waals surface area contributed by atoms with Gasteiger partial charge in [-0.3, -0.25) is 4.57 Å². The molecule has 0 spiro atoms. The summed E-state index contributed by atoms with van der Waals surface area (Å²) in [6, 6.07) is 2.20. The minimum Gasteiger partial charge on any atom is -0.416 e. The molecule has 1 aliphatic heterocycles. The van der Waals surface area contributed by atoms with Crippen LogP contribution in [-0.4, -0.2) is 29.6 Å². The number of aromatic nitrogens is 2. The molecular weight excluding hydrogens is 479 g/mol. The number of hydrogen-bond donors (Lipinski definition) is 0. The van der Waals surface area contributed by atoms with Gasteiger partial charge in [-0.05, 0) is 30.2 Å². The Morgan fingerprint density at radius 3 is 2.62 bits per heavy atom. The lowest BCUT2D eigenvalue weighted by Crippen LogP contribution is -2.08. The molecule has 1 aliphatic rings. The van der Waals surface area contributed by atoms with E-state index in [0.29, 0.717) is 6.42 Å². The topological polar surface area (TPSA) is 62.6 Å². The molecule has 0 amide bonds. The van der Waals surface area contributed by atoms with Crippen LogP contribution in [0.4, 0.5) is 13.2 Å². The lowest BCUT2D eigenvalue weighted by atomic mass is 10.1. The molecule has 0 N–H and O–H groups in total. The number of aryl methyl sites for hydroxylation is 1. The first kappa shape index (κ1) is 22.5. The van der Waals surface area contributed by atoms with Gasteiger partial charge in [-0.2, -0.15) is 13.9 Å². The lowest BCUT2D eigenvalue weighted by molar-refractivity contribution is -0.0552. The molecule has 0 aliphatic carbocycles. The molecule has 13 heteroatoms. The van der Waals surface area contributed by atoms with Gasteiger partial charge in [0.15, 0.2) is 0 Å². The van der Waals surface area contributed by atoms with Crippen LogP contribution in [0.15, 0.2) is 16.9 Å². The van der Waals surface area contributed by atoms with Gasteiger partial charge < -0.3 is 13.8 Å². The Morgan fingerprint density at radius 2 is 2.00 bits per heavy atom. The summed E-state index contributed by atoms with van der Waals surface area (Å²) in [6.07, 6.45) is 1.78. The molecule has 6 nitrogen and oxygen atoms in total. The molecule has 1 aromatic heterocycles. The highest BCUT2D eigenvalue weighted by Crippen LogP contribution is 2.60. The second kappa shape index (κ2) is 8.88. The largest absolute Gasteiger partial charge is 0.416 e. The molecule has 0 bridgehead atoms. The molecule has 158 valence electrons. The molecule has 1 saturated heterocycles. The number of nitrogens with zero attached hydrogens (tertiary/aromatic N) is 2. The van der Waals surface area contributed by atoms with Crippen molar-refractivity contribution >= 4 is 48.5 Å². The molecule has 0 radical (unpaired) electrons. The molecule has 2 aromatic rings. The predicted octanol–water partition coefficient (Wildman–Crippen LogP) is 6.30. The maximum atomic E-state index is 14.5. The molecule has 0 atom stereocenters. The van der Waals surface area contributed by atoms with Crippen molar-refractivity contribution in [3.63, 3.8) is 0 Å². The summed E-state index contributed by atoms with van der Waals surface area (Å²) in [6.45, 7) is -2.73. The highest BCUT2D eigenvalue weighted by molar-refractivity contribution is 7.61. The quantitative estimate of drug-likeness (QED) is 0.459. The van der Waals surface area contributed by atoms with Crippen LogP contribution in [0.2, 0.25) is 10.0 Å². The fourth-order valence-electron chi connectivity index (χ4n) is 2.52. The summed E-state index contributed by atoms with van der Waals surface area (Å²) in [7, 11) is -2.39. The smallest absolute Gasteiger partial charge is 0.388 e. The highest BCUT2D eigenvalue weighted by Gasteiger charge is 2.32. The van der Waals surface area contributed by atoms with E-state index >= 15 is 0 Å². The van der Waals surface area contributed by atoms with Gasteiger partial charge in [0.05, 0.1) is 18.2 Å². The van der Waals surface area contributed by atoms with Gasteiger partial charge >= 0.3 is 14.2 Å². The zero-order chi connectivity index (χ0) is 21.3. The van der Waals surface area contributed by atoms with E-state index in [4.69, 9.17) is 43.9 Å². The number of hydrogen-bond acceptors (Lipinski definition) is 5. The van der Waals surface area contributed by atoms with Crippen LogP contribution in [0.3, 0.4) is 0 Å². The van der Waals surface area contributed by atoms with E-state index in [-0.39, 0.29) is 44.9 Å². The van der Waals surface area contributed by atoms with Crippen molar-refractivity contribution in [1.82, 2.24) is 9.78 Å². The predicted molar refractivity (Wildman–Crippen MR) is 103 cm³/mol. The van der Waals surface area contributed by atoms with Crippen molar-refractivity contribution in [3.05, 3.63) is 38.3 Å². The SMILES string of the molecule is Cn1nc(-c2cc(C=C(Cl)P3(=O)OCCCO3)c(Cl)cc2F)c(Cl)c1OC(F)F. The van der Waals surface area contributed by atoms with Crippen molar-refractivity contribution in [2.24, 2.45) is 7.05 Å². The first-order chi connectivity index (χ1) is 13.6. The first-order valence-electron chi connectivity index (χ1n) is 8.06. The Kier molecular flexibility index (Phi) is 6.88. The molecule has 0 saturated carbocycles. The lowest BCUT2D eigenvalue weighted by Gasteiger charge is -2.22. The normalized spacial score (nSPS) is 17.0. The minimum atomic E-state index is -3.69. The third-order valence-corrected chi connectivity index (χ3v) is 6.92. The van der Waals surface area contributed by atoms with Gasteiger partial charge in [0, 0.05) is 12.6 Å². The fourth-order valence-corrected chi connectivity index (χ4v) is 4.80. The first-order valence-corrected chi connectivity index (χ1v) is 10.7. The third-order valence-electron chi connectivity index (χ3n) is 3.83. The average Bonchev–Trinajstić information content (AvgIpc) is 2.92. The van der Waals surface area contributed by atoms with Crippen molar-refractivity contribution < 1.29 is 31.5 Å². The maximum Gasteiger partial charge on any atom is 0.388 e. The Balaban J connectivity index is 2.05. The van der Waals surface area contributed by atoms with Crippen molar-refractivity contribution in [3.8, 4) is 17.1 Å². The second-order valence-electron chi connectivity index (χ2n) is 5.81. The zero-order valence-electron chi connectivity index (χ0n) is 14.7. The summed E-state index contributed by atoms with van der Waals surface area (Å²) in [5.74, 6) is -1.25. The fraction of sp³-hybridized carbons (Fsp3) is 0.312. The standard InChI is InChI=1S/C16H13Cl3F3N2O4P/c1-24-15(28-16(21)22)13(19)14(23-24)9-5-8(10(17)7-11(9)20)6-12(18)29(25)26-3-2-4-27-29/h5-7,16H,2-4H2,1H3. The maximum absolute atomic E-state index is 14.5. The van der Waals surface area contributed by atoms with Gasteiger partial charge in [-0.15, -0.1) is 0 Å². The molecule has 1 aromatic carbocycles. The van der Waals surface area contributed by atoms with E-state index in [1.54, 1.807) is 0 Å². The minimum absolute atomic E-state index is 0.0517. The number of rotatable bonds is 5. The van der Waals surface area contributed by atoms with Gasteiger partial charge in [0.25, 0.3) is 0 Å². The third kappa shape index (κ3) is 4.76. The van der Waals surface area contributed by atoms with E-state index in [9.17, 15) is 17.7 Å². The van der Waals surface area contributed by atoms with Crippen LogP contribution >= 0.6 is 42.4 Å². The number of ether oxygens (including phenoxy) is 1. The Morgan fingerprint density at radius 1 is 1.34 bits per heavy atom. The van der Waals surface area contributed by atoms with E-state index in [2.05, 4.69) is 9.84 Å².